The number of hydrogen-bond donors (Lipinski definition) is 0. The summed E-state index contributed by atoms with van der Waals surface area (Å²) in [6.07, 6.45) is 7.64. The quantitative estimate of drug-likeness (QED) is 0.183. The zero-order valence-electron chi connectivity index (χ0n) is 17.4. The van der Waals surface area contributed by atoms with Gasteiger partial charge in [-0.2, -0.15) is 0 Å². The van der Waals surface area contributed by atoms with Gasteiger partial charge < -0.3 is 14.0 Å². The van der Waals surface area contributed by atoms with E-state index in [0.717, 1.165) is 19.3 Å². The molecule has 1 rings (SSSR count). The van der Waals surface area contributed by atoms with Crippen LogP contribution < -0.4 is 29.6 Å². The number of ether oxygens (including phenoxy) is 2. The van der Waals surface area contributed by atoms with Gasteiger partial charge in [-0.05, 0) is 25.0 Å². The molecule has 0 aromatic heterocycles. The van der Waals surface area contributed by atoms with E-state index < -0.39 is 27.8 Å². The van der Waals surface area contributed by atoms with Gasteiger partial charge in [0.15, 0.2) is 0 Å². The van der Waals surface area contributed by atoms with Crippen molar-refractivity contribution in [2.24, 2.45) is 0 Å². The molecule has 0 amide bonds. The van der Waals surface area contributed by atoms with Crippen LogP contribution in [-0.2, 0) is 19.6 Å². The van der Waals surface area contributed by atoms with Crippen molar-refractivity contribution in [1.82, 2.24) is 0 Å². The van der Waals surface area contributed by atoms with Crippen LogP contribution in [0.1, 0.15) is 79.0 Å². The van der Waals surface area contributed by atoms with Crippen LogP contribution in [0.3, 0.4) is 0 Å². The van der Waals surface area contributed by atoms with Gasteiger partial charge in [-0.3, -0.25) is 0 Å². The maximum atomic E-state index is 12.3. The first-order valence-corrected chi connectivity index (χ1v) is 11.3. The van der Waals surface area contributed by atoms with Crippen molar-refractivity contribution in [2.75, 3.05) is 19.0 Å². The molecular weight excluding hydrogens is 407 g/mol. The Morgan fingerprint density at radius 1 is 0.828 bits per heavy atom. The molecule has 0 aliphatic rings. The van der Waals surface area contributed by atoms with E-state index in [-0.39, 0.29) is 60.3 Å². The minimum atomic E-state index is -4.35. The average molecular weight is 437 g/mol. The summed E-state index contributed by atoms with van der Waals surface area (Å²) >= 11 is 0. The van der Waals surface area contributed by atoms with Crippen molar-refractivity contribution < 1.29 is 61.6 Å². The molecule has 29 heavy (non-hydrogen) atoms. The molecule has 0 unspecified atom stereocenters. The van der Waals surface area contributed by atoms with Gasteiger partial charge in [0, 0.05) is 5.75 Å². The van der Waals surface area contributed by atoms with E-state index in [0.29, 0.717) is 0 Å². The van der Waals surface area contributed by atoms with Gasteiger partial charge in [0.05, 0.1) is 34.5 Å². The predicted molar refractivity (Wildman–Crippen MR) is 104 cm³/mol. The summed E-state index contributed by atoms with van der Waals surface area (Å²) < 4.78 is 41.8. The Morgan fingerprint density at radius 3 is 1.76 bits per heavy atom. The van der Waals surface area contributed by atoms with E-state index in [1.54, 1.807) is 12.1 Å². The number of unbranched alkanes of at least 4 members (excludes halogenated alkanes) is 6. The first kappa shape index (κ1) is 28.1. The maximum Gasteiger partial charge on any atom is 1.00 e. The molecule has 1 aromatic rings. The molecule has 0 fully saturated rings. The number of esters is 2. The van der Waals surface area contributed by atoms with Crippen molar-refractivity contribution >= 4 is 22.1 Å². The number of benzene rings is 1. The Morgan fingerprint density at radius 2 is 1.28 bits per heavy atom. The van der Waals surface area contributed by atoms with Crippen LogP contribution in [0.5, 0.6) is 0 Å². The van der Waals surface area contributed by atoms with Crippen LogP contribution in [0.4, 0.5) is 0 Å². The molecule has 0 saturated heterocycles. The molecule has 0 radical (unpaired) electrons. The summed E-state index contributed by atoms with van der Waals surface area (Å²) in [5, 5.41) is 0. The fourth-order valence-corrected chi connectivity index (χ4v) is 3.09. The third-order valence-corrected chi connectivity index (χ3v) is 4.91. The van der Waals surface area contributed by atoms with E-state index in [2.05, 4.69) is 6.92 Å². The summed E-state index contributed by atoms with van der Waals surface area (Å²) in [5.41, 5.74) is 0.156. The molecule has 0 spiro atoms. The van der Waals surface area contributed by atoms with E-state index in [1.807, 2.05) is 0 Å². The third kappa shape index (κ3) is 13.1. The summed E-state index contributed by atoms with van der Waals surface area (Å²) in [6.45, 7) is 2.24. The third-order valence-electron chi connectivity index (χ3n) is 4.12. The van der Waals surface area contributed by atoms with Crippen molar-refractivity contribution in [1.29, 1.82) is 0 Å². The van der Waals surface area contributed by atoms with E-state index >= 15 is 0 Å². The summed E-state index contributed by atoms with van der Waals surface area (Å²) in [5.74, 6) is -1.96. The monoisotopic (exact) mass is 436 g/mol. The largest absolute Gasteiger partial charge is 1.00 e. The fourth-order valence-electron chi connectivity index (χ4n) is 2.62. The zero-order chi connectivity index (χ0) is 20.8. The summed E-state index contributed by atoms with van der Waals surface area (Å²) in [7, 11) is -4.35. The van der Waals surface area contributed by atoms with Gasteiger partial charge in [0.25, 0.3) is 0 Å². The van der Waals surface area contributed by atoms with Gasteiger partial charge in [0.2, 0.25) is 0 Å². The number of carbonyl (C=O) groups is 2. The normalized spacial score (nSPS) is 10.8. The Bertz CT molecular complexity index is 719. The average Bonchev–Trinajstić information content (AvgIpc) is 2.66. The van der Waals surface area contributed by atoms with Crippen molar-refractivity contribution in [3.8, 4) is 0 Å². The Kier molecular flexibility index (Phi) is 15.3. The van der Waals surface area contributed by atoms with Crippen molar-refractivity contribution in [3.05, 3.63) is 35.4 Å². The molecule has 1 aromatic carbocycles. The topological polar surface area (TPSA) is 110 Å². The fraction of sp³-hybridized carbons (Fsp3) is 0.600. The van der Waals surface area contributed by atoms with Crippen LogP contribution >= 0.6 is 0 Å². The van der Waals surface area contributed by atoms with Crippen LogP contribution in [0.25, 0.3) is 0 Å². The predicted octanol–water partition coefficient (Wildman–Crippen LogP) is 0.690. The molecule has 0 atom stereocenters. The SMILES string of the molecule is CCCCCCCCCOC(=O)c1ccccc1C(=O)OCCCS(=O)(=O)[O-].[Na+]. The van der Waals surface area contributed by atoms with E-state index in [4.69, 9.17) is 9.47 Å². The molecule has 0 aliphatic heterocycles. The Balaban J connectivity index is 0.00000784. The Hall–Kier alpha value is -0.930. The number of carbonyl (C=O) groups excluding carboxylic acids is 2. The van der Waals surface area contributed by atoms with Crippen LogP contribution in [0.2, 0.25) is 0 Å². The molecule has 0 saturated carbocycles. The van der Waals surface area contributed by atoms with Crippen LogP contribution in [-0.4, -0.2) is 43.9 Å². The maximum absolute atomic E-state index is 12.3. The zero-order valence-corrected chi connectivity index (χ0v) is 20.2. The van der Waals surface area contributed by atoms with Crippen LogP contribution in [0, 0.1) is 0 Å². The molecule has 9 heteroatoms. The molecule has 0 bridgehead atoms. The van der Waals surface area contributed by atoms with Crippen molar-refractivity contribution in [3.63, 3.8) is 0 Å². The van der Waals surface area contributed by atoms with E-state index in [9.17, 15) is 22.6 Å². The Labute approximate surface area is 195 Å². The van der Waals surface area contributed by atoms with Crippen LogP contribution in [0.15, 0.2) is 24.3 Å². The second-order valence-corrected chi connectivity index (χ2v) is 8.08. The summed E-state index contributed by atoms with van der Waals surface area (Å²) in [6, 6.07) is 6.12. The van der Waals surface area contributed by atoms with Gasteiger partial charge in [0.1, 0.15) is 0 Å². The van der Waals surface area contributed by atoms with Gasteiger partial charge in [-0.15, -0.1) is 0 Å². The standard InChI is InChI=1S/C20H30O7S.Na/c1-2-3-4-5-6-7-10-14-26-19(21)17-12-8-9-13-18(17)20(22)27-15-11-16-28(23,24)25;/h8-9,12-13H,2-7,10-11,14-16H2,1H3,(H,23,24,25);/q;+1/p-1. The summed E-state index contributed by atoms with van der Waals surface area (Å²) in [4.78, 5) is 24.4. The van der Waals surface area contributed by atoms with Gasteiger partial charge in [-0.25, -0.2) is 18.0 Å². The smallest absolute Gasteiger partial charge is 0.748 e. The second-order valence-electron chi connectivity index (χ2n) is 6.55. The molecule has 0 aliphatic carbocycles. The second kappa shape index (κ2) is 15.8. The van der Waals surface area contributed by atoms with Gasteiger partial charge >= 0.3 is 41.5 Å². The van der Waals surface area contributed by atoms with Crippen molar-refractivity contribution in [2.45, 2.75) is 58.3 Å². The molecule has 158 valence electrons. The number of rotatable bonds is 14. The number of hydrogen-bond acceptors (Lipinski definition) is 7. The molecule has 0 N–H and O–H groups in total. The first-order chi connectivity index (χ1) is 13.3. The van der Waals surface area contributed by atoms with E-state index in [1.165, 1.54) is 37.8 Å². The minimum Gasteiger partial charge on any atom is -0.748 e. The molecule has 0 heterocycles. The molecular formula is C20H29NaO7S. The minimum absolute atomic E-state index is 0. The van der Waals surface area contributed by atoms with Gasteiger partial charge in [-0.1, -0.05) is 57.6 Å². The molecule has 7 nitrogen and oxygen atoms in total. The first-order valence-electron chi connectivity index (χ1n) is 9.72.